The van der Waals surface area contributed by atoms with Crippen LogP contribution in [0.5, 0.6) is 0 Å². The van der Waals surface area contributed by atoms with E-state index in [4.69, 9.17) is 10.5 Å². The third kappa shape index (κ3) is 1.94. The first-order valence-electron chi connectivity index (χ1n) is 5.05. The monoisotopic (exact) mass is 206 g/mol. The summed E-state index contributed by atoms with van der Waals surface area (Å²) in [4.78, 5) is 13.2. The van der Waals surface area contributed by atoms with E-state index in [1.165, 1.54) is 0 Å². The van der Waals surface area contributed by atoms with Crippen LogP contribution in [0.25, 0.3) is 0 Å². The van der Waals surface area contributed by atoms with Gasteiger partial charge in [0.25, 0.3) is 0 Å². The summed E-state index contributed by atoms with van der Waals surface area (Å²) < 4.78 is 4.99. The van der Waals surface area contributed by atoms with Crippen molar-refractivity contribution in [2.45, 2.75) is 13.0 Å². The van der Waals surface area contributed by atoms with Crippen molar-refractivity contribution in [3.8, 4) is 0 Å². The highest BCUT2D eigenvalue weighted by molar-refractivity contribution is 5.89. The molecule has 4 heteroatoms. The van der Waals surface area contributed by atoms with Gasteiger partial charge in [-0.2, -0.15) is 0 Å². The second-order valence-electron chi connectivity index (χ2n) is 3.45. The number of hydrogen-bond donors (Lipinski definition) is 1. The Morgan fingerprint density at radius 3 is 2.93 bits per heavy atom. The van der Waals surface area contributed by atoms with E-state index in [1.54, 1.807) is 4.90 Å². The summed E-state index contributed by atoms with van der Waals surface area (Å²) in [5.74, 6) is 0. The first-order chi connectivity index (χ1) is 7.33. The van der Waals surface area contributed by atoms with Crippen LogP contribution in [-0.2, 0) is 11.3 Å². The van der Waals surface area contributed by atoms with Crippen LogP contribution in [0, 0.1) is 0 Å². The molecule has 15 heavy (non-hydrogen) atoms. The van der Waals surface area contributed by atoms with E-state index in [1.807, 2.05) is 24.3 Å². The van der Waals surface area contributed by atoms with Gasteiger partial charge in [-0.15, -0.1) is 0 Å². The van der Waals surface area contributed by atoms with E-state index in [-0.39, 0.29) is 6.09 Å². The van der Waals surface area contributed by atoms with Crippen LogP contribution in [0.15, 0.2) is 24.3 Å². The molecule has 1 fully saturated rings. The van der Waals surface area contributed by atoms with Crippen LogP contribution in [-0.4, -0.2) is 19.2 Å². The van der Waals surface area contributed by atoms with Crippen LogP contribution < -0.4 is 10.6 Å². The van der Waals surface area contributed by atoms with E-state index in [2.05, 4.69) is 0 Å². The zero-order valence-electron chi connectivity index (χ0n) is 8.48. The molecule has 0 unspecified atom stereocenters. The van der Waals surface area contributed by atoms with Gasteiger partial charge in [-0.3, -0.25) is 4.90 Å². The van der Waals surface area contributed by atoms with Gasteiger partial charge in [-0.05, 0) is 18.1 Å². The lowest BCUT2D eigenvalue weighted by Gasteiger charge is -2.27. The molecule has 0 aromatic heterocycles. The van der Waals surface area contributed by atoms with Gasteiger partial charge in [0.15, 0.2) is 0 Å². The van der Waals surface area contributed by atoms with Gasteiger partial charge >= 0.3 is 6.09 Å². The Balaban J connectivity index is 2.30. The molecule has 1 aromatic rings. The number of cyclic esters (lactones) is 1. The first kappa shape index (κ1) is 9.98. The number of rotatable bonds is 2. The lowest BCUT2D eigenvalue weighted by molar-refractivity contribution is 0.140. The number of nitrogens with zero attached hydrogens (tertiary/aromatic N) is 1. The molecule has 0 bridgehead atoms. The van der Waals surface area contributed by atoms with Crippen LogP contribution in [0.1, 0.15) is 12.0 Å². The molecular formula is C11H14N2O2. The fraction of sp³-hybridized carbons (Fsp3) is 0.364. The van der Waals surface area contributed by atoms with Gasteiger partial charge in [0.2, 0.25) is 0 Å². The Kier molecular flexibility index (Phi) is 2.87. The predicted molar refractivity (Wildman–Crippen MR) is 57.6 cm³/mol. The Bertz CT molecular complexity index is 365. The SMILES string of the molecule is NCc1ccccc1N1CCCOC1=O. The van der Waals surface area contributed by atoms with Crippen molar-refractivity contribution >= 4 is 11.8 Å². The smallest absolute Gasteiger partial charge is 0.414 e. The molecule has 1 aliphatic heterocycles. The fourth-order valence-corrected chi connectivity index (χ4v) is 1.72. The molecule has 0 aliphatic carbocycles. The zero-order chi connectivity index (χ0) is 10.7. The van der Waals surface area contributed by atoms with E-state index in [0.717, 1.165) is 17.7 Å². The molecule has 0 atom stereocenters. The summed E-state index contributed by atoms with van der Waals surface area (Å²) in [5, 5.41) is 0. The molecule has 1 heterocycles. The van der Waals surface area contributed by atoms with Crippen molar-refractivity contribution in [2.75, 3.05) is 18.1 Å². The molecule has 0 spiro atoms. The standard InChI is InChI=1S/C11H14N2O2/c12-8-9-4-1-2-5-10(9)13-6-3-7-15-11(13)14/h1-2,4-5H,3,6-8,12H2. The van der Waals surface area contributed by atoms with E-state index >= 15 is 0 Å². The highest BCUT2D eigenvalue weighted by Crippen LogP contribution is 2.22. The van der Waals surface area contributed by atoms with Crippen LogP contribution in [0.3, 0.4) is 0 Å². The molecule has 2 N–H and O–H groups in total. The van der Waals surface area contributed by atoms with Crippen molar-refractivity contribution in [3.05, 3.63) is 29.8 Å². The minimum Gasteiger partial charge on any atom is -0.449 e. The second-order valence-corrected chi connectivity index (χ2v) is 3.45. The topological polar surface area (TPSA) is 55.6 Å². The predicted octanol–water partition coefficient (Wildman–Crippen LogP) is 1.49. The fourth-order valence-electron chi connectivity index (χ4n) is 1.72. The second kappa shape index (κ2) is 4.31. The third-order valence-corrected chi connectivity index (χ3v) is 2.47. The van der Waals surface area contributed by atoms with Gasteiger partial charge in [0, 0.05) is 13.1 Å². The summed E-state index contributed by atoms with van der Waals surface area (Å²) in [6, 6.07) is 7.64. The molecule has 0 radical (unpaired) electrons. The Morgan fingerprint density at radius 1 is 1.40 bits per heavy atom. The average molecular weight is 206 g/mol. The number of carbonyl (C=O) groups is 1. The van der Waals surface area contributed by atoms with Gasteiger partial charge in [-0.1, -0.05) is 18.2 Å². The molecule has 0 saturated carbocycles. The normalized spacial score (nSPS) is 16.3. The Hall–Kier alpha value is -1.55. The van der Waals surface area contributed by atoms with Crippen molar-refractivity contribution < 1.29 is 9.53 Å². The quantitative estimate of drug-likeness (QED) is 0.797. The molecular weight excluding hydrogens is 192 g/mol. The van der Waals surface area contributed by atoms with Gasteiger partial charge < -0.3 is 10.5 Å². The molecule has 1 amide bonds. The number of ether oxygens (including phenoxy) is 1. The number of benzene rings is 1. The maximum absolute atomic E-state index is 11.5. The highest BCUT2D eigenvalue weighted by atomic mass is 16.6. The minimum atomic E-state index is -0.276. The van der Waals surface area contributed by atoms with E-state index in [0.29, 0.717) is 19.7 Å². The summed E-state index contributed by atoms with van der Waals surface area (Å²) in [7, 11) is 0. The Morgan fingerprint density at radius 2 is 2.20 bits per heavy atom. The lowest BCUT2D eigenvalue weighted by atomic mass is 10.1. The van der Waals surface area contributed by atoms with Crippen molar-refractivity contribution in [2.24, 2.45) is 5.73 Å². The third-order valence-electron chi connectivity index (χ3n) is 2.47. The average Bonchev–Trinajstić information content (AvgIpc) is 2.30. The van der Waals surface area contributed by atoms with Crippen molar-refractivity contribution in [1.29, 1.82) is 0 Å². The summed E-state index contributed by atoms with van der Waals surface area (Å²) in [5.41, 5.74) is 7.46. The summed E-state index contributed by atoms with van der Waals surface area (Å²) >= 11 is 0. The number of nitrogens with two attached hydrogens (primary N) is 1. The van der Waals surface area contributed by atoms with Crippen molar-refractivity contribution in [3.63, 3.8) is 0 Å². The largest absolute Gasteiger partial charge is 0.449 e. The molecule has 80 valence electrons. The van der Waals surface area contributed by atoms with Gasteiger partial charge in [-0.25, -0.2) is 4.79 Å². The zero-order valence-corrected chi connectivity index (χ0v) is 8.48. The van der Waals surface area contributed by atoms with Crippen LogP contribution in [0.4, 0.5) is 10.5 Å². The molecule has 1 aromatic carbocycles. The highest BCUT2D eigenvalue weighted by Gasteiger charge is 2.22. The molecule has 2 rings (SSSR count). The Labute approximate surface area is 88.6 Å². The maximum atomic E-state index is 11.5. The number of amides is 1. The van der Waals surface area contributed by atoms with Crippen LogP contribution >= 0.6 is 0 Å². The van der Waals surface area contributed by atoms with Gasteiger partial charge in [0.1, 0.15) is 0 Å². The summed E-state index contributed by atoms with van der Waals surface area (Å²) in [6.45, 7) is 1.65. The van der Waals surface area contributed by atoms with Crippen molar-refractivity contribution in [1.82, 2.24) is 0 Å². The van der Waals surface area contributed by atoms with E-state index < -0.39 is 0 Å². The first-order valence-corrected chi connectivity index (χ1v) is 5.05. The summed E-state index contributed by atoms with van der Waals surface area (Å²) in [6.07, 6.45) is 0.590. The lowest BCUT2D eigenvalue weighted by Crippen LogP contribution is -2.38. The number of para-hydroxylation sites is 1. The minimum absolute atomic E-state index is 0.276. The number of carbonyl (C=O) groups excluding carboxylic acids is 1. The molecule has 1 aliphatic rings. The molecule has 1 saturated heterocycles. The van der Waals surface area contributed by atoms with Gasteiger partial charge in [0.05, 0.1) is 12.3 Å². The number of hydrogen-bond acceptors (Lipinski definition) is 3. The maximum Gasteiger partial charge on any atom is 0.414 e. The van der Waals surface area contributed by atoms with E-state index in [9.17, 15) is 4.79 Å². The van der Waals surface area contributed by atoms with Crippen LogP contribution in [0.2, 0.25) is 0 Å². The number of anilines is 1. The molecule has 4 nitrogen and oxygen atoms in total.